The van der Waals surface area contributed by atoms with Crippen molar-refractivity contribution < 1.29 is 9.90 Å². The van der Waals surface area contributed by atoms with Crippen LogP contribution in [0.4, 0.5) is 5.69 Å². The van der Waals surface area contributed by atoms with E-state index in [0.29, 0.717) is 0 Å². The van der Waals surface area contributed by atoms with Gasteiger partial charge in [-0.15, -0.1) is 0 Å². The predicted octanol–water partition coefficient (Wildman–Crippen LogP) is 3.67. The van der Waals surface area contributed by atoms with Gasteiger partial charge in [-0.05, 0) is 49.6 Å². The minimum Gasteiger partial charge on any atom is -0.396 e. The summed E-state index contributed by atoms with van der Waals surface area (Å²) in [7, 11) is 4.05. The molecule has 3 rings (SSSR count). The Morgan fingerprint density at radius 2 is 1.92 bits per heavy atom. The van der Waals surface area contributed by atoms with Crippen LogP contribution in [-0.2, 0) is 0 Å². The van der Waals surface area contributed by atoms with Crippen LogP contribution in [0.25, 0.3) is 10.8 Å². The Bertz CT molecular complexity index is 742. The molecule has 0 saturated carbocycles. The Balaban J connectivity index is 1.97. The number of hydrogen-bond donors (Lipinski definition) is 1. The van der Waals surface area contributed by atoms with Crippen LogP contribution in [0, 0.1) is 0 Å². The first kappa shape index (κ1) is 17.7. The summed E-state index contributed by atoms with van der Waals surface area (Å²) in [6.45, 7) is 1.01. The van der Waals surface area contributed by atoms with E-state index in [9.17, 15) is 4.79 Å². The van der Waals surface area contributed by atoms with Gasteiger partial charge in [0.15, 0.2) is 0 Å². The fraction of sp³-hybridized carbons (Fsp3) is 0.476. The molecule has 1 saturated heterocycles. The quantitative estimate of drug-likeness (QED) is 0.903. The maximum Gasteiger partial charge on any atom is 0.254 e. The summed E-state index contributed by atoms with van der Waals surface area (Å²) in [4.78, 5) is 17.4. The van der Waals surface area contributed by atoms with Gasteiger partial charge >= 0.3 is 0 Å². The molecule has 4 nitrogen and oxygen atoms in total. The van der Waals surface area contributed by atoms with Crippen LogP contribution in [0.15, 0.2) is 36.4 Å². The number of aliphatic hydroxyl groups is 1. The molecule has 0 aromatic heterocycles. The lowest BCUT2D eigenvalue weighted by molar-refractivity contribution is 0.0592. The zero-order valence-electron chi connectivity index (χ0n) is 15.2. The molecule has 1 fully saturated rings. The summed E-state index contributed by atoms with van der Waals surface area (Å²) in [5.41, 5.74) is 1.92. The maximum absolute atomic E-state index is 13.3. The van der Waals surface area contributed by atoms with E-state index in [1.165, 1.54) is 6.42 Å². The lowest BCUT2D eigenvalue weighted by Gasteiger charge is -2.36. The Hall–Kier alpha value is -2.07. The van der Waals surface area contributed by atoms with Gasteiger partial charge in [0.05, 0.1) is 0 Å². The maximum atomic E-state index is 13.3. The van der Waals surface area contributed by atoms with Crippen molar-refractivity contribution >= 4 is 22.4 Å². The van der Waals surface area contributed by atoms with E-state index >= 15 is 0 Å². The molecule has 1 aliphatic heterocycles. The normalized spacial score (nSPS) is 17.7. The first-order valence-corrected chi connectivity index (χ1v) is 9.24. The number of aliphatic hydroxyl groups excluding tert-OH is 1. The Morgan fingerprint density at radius 1 is 1.16 bits per heavy atom. The van der Waals surface area contributed by atoms with Gasteiger partial charge in [0.2, 0.25) is 0 Å². The first-order chi connectivity index (χ1) is 12.1. The first-order valence-electron chi connectivity index (χ1n) is 9.24. The van der Waals surface area contributed by atoms with Gasteiger partial charge < -0.3 is 14.9 Å². The van der Waals surface area contributed by atoms with E-state index in [-0.39, 0.29) is 18.6 Å². The van der Waals surface area contributed by atoms with E-state index in [0.717, 1.165) is 54.3 Å². The molecule has 0 bridgehead atoms. The number of nitrogens with zero attached hydrogens (tertiary/aromatic N) is 2. The van der Waals surface area contributed by atoms with E-state index < -0.39 is 0 Å². The van der Waals surface area contributed by atoms with Crippen LogP contribution in [0.2, 0.25) is 0 Å². The fourth-order valence-corrected chi connectivity index (χ4v) is 3.91. The highest BCUT2D eigenvalue weighted by atomic mass is 16.3. The molecule has 1 amide bonds. The van der Waals surface area contributed by atoms with Crippen molar-refractivity contribution in [1.82, 2.24) is 4.90 Å². The average molecular weight is 340 g/mol. The third-order valence-electron chi connectivity index (χ3n) is 5.20. The number of carbonyl (C=O) groups is 1. The molecular formula is C21H28N2O2. The van der Waals surface area contributed by atoms with Crippen molar-refractivity contribution in [2.24, 2.45) is 0 Å². The Morgan fingerprint density at radius 3 is 2.64 bits per heavy atom. The van der Waals surface area contributed by atoms with Crippen LogP contribution < -0.4 is 4.90 Å². The number of benzene rings is 2. The lowest BCUT2D eigenvalue weighted by Crippen LogP contribution is -2.43. The van der Waals surface area contributed by atoms with Crippen molar-refractivity contribution in [3.8, 4) is 0 Å². The second-order valence-corrected chi connectivity index (χ2v) is 7.09. The predicted molar refractivity (Wildman–Crippen MR) is 103 cm³/mol. The minimum absolute atomic E-state index is 0.129. The minimum atomic E-state index is 0.129. The number of fused-ring (bicyclic) bond motifs is 1. The number of rotatable bonds is 5. The van der Waals surface area contributed by atoms with Crippen LogP contribution in [-0.4, -0.2) is 49.2 Å². The molecule has 2 aromatic rings. The molecule has 2 aromatic carbocycles. The van der Waals surface area contributed by atoms with E-state index in [1.54, 1.807) is 0 Å². The highest BCUT2D eigenvalue weighted by Gasteiger charge is 2.28. The van der Waals surface area contributed by atoms with Crippen molar-refractivity contribution in [1.29, 1.82) is 0 Å². The molecule has 0 radical (unpaired) electrons. The standard InChI is InChI=1S/C21H28N2O2/c1-22(2)20-13-12-19(17-10-3-4-11-18(17)20)21(25)23-14-6-5-8-16(23)9-7-15-24/h3-4,10-13,16,24H,5-9,14-15H2,1-2H3/t16-/m1/s1. The number of hydrogen-bond acceptors (Lipinski definition) is 3. The summed E-state index contributed by atoms with van der Waals surface area (Å²) in [5.74, 6) is 0.129. The number of anilines is 1. The summed E-state index contributed by atoms with van der Waals surface area (Å²) >= 11 is 0. The lowest BCUT2D eigenvalue weighted by atomic mass is 9.95. The molecule has 1 atom stereocenters. The van der Waals surface area contributed by atoms with Gasteiger partial charge in [-0.2, -0.15) is 0 Å². The topological polar surface area (TPSA) is 43.8 Å². The largest absolute Gasteiger partial charge is 0.396 e. The van der Waals surface area contributed by atoms with Gasteiger partial charge in [-0.1, -0.05) is 24.3 Å². The number of likely N-dealkylation sites (tertiary alicyclic amines) is 1. The van der Waals surface area contributed by atoms with Gasteiger partial charge in [0, 0.05) is 49.9 Å². The monoisotopic (exact) mass is 340 g/mol. The molecule has 134 valence electrons. The molecule has 4 heteroatoms. The number of piperidine rings is 1. The van der Waals surface area contributed by atoms with E-state index in [4.69, 9.17) is 5.11 Å². The Labute approximate surface area is 150 Å². The second kappa shape index (κ2) is 7.87. The summed E-state index contributed by atoms with van der Waals surface area (Å²) in [6, 6.07) is 12.4. The molecular weight excluding hydrogens is 312 g/mol. The summed E-state index contributed by atoms with van der Waals surface area (Å²) < 4.78 is 0. The third kappa shape index (κ3) is 3.64. The molecule has 25 heavy (non-hydrogen) atoms. The van der Waals surface area contributed by atoms with Crippen LogP contribution in [0.1, 0.15) is 42.5 Å². The molecule has 1 heterocycles. The second-order valence-electron chi connectivity index (χ2n) is 7.09. The van der Waals surface area contributed by atoms with Crippen molar-refractivity contribution in [3.05, 3.63) is 42.0 Å². The smallest absolute Gasteiger partial charge is 0.254 e. The molecule has 0 unspecified atom stereocenters. The molecule has 1 N–H and O–H groups in total. The highest BCUT2D eigenvalue weighted by Crippen LogP contribution is 2.31. The number of carbonyl (C=O) groups excluding carboxylic acids is 1. The van der Waals surface area contributed by atoms with Gasteiger partial charge in [-0.25, -0.2) is 0 Å². The molecule has 1 aliphatic rings. The third-order valence-corrected chi connectivity index (χ3v) is 5.20. The van der Waals surface area contributed by atoms with E-state index in [2.05, 4.69) is 11.0 Å². The van der Waals surface area contributed by atoms with Crippen molar-refractivity contribution in [2.75, 3.05) is 32.1 Å². The summed E-state index contributed by atoms with van der Waals surface area (Å²) in [6.07, 6.45) is 4.92. The van der Waals surface area contributed by atoms with Gasteiger partial charge in [0.25, 0.3) is 5.91 Å². The molecule has 0 aliphatic carbocycles. The fourth-order valence-electron chi connectivity index (χ4n) is 3.91. The zero-order chi connectivity index (χ0) is 17.8. The highest BCUT2D eigenvalue weighted by molar-refractivity contribution is 6.10. The van der Waals surface area contributed by atoms with Crippen LogP contribution in [0.3, 0.4) is 0 Å². The summed E-state index contributed by atoms with van der Waals surface area (Å²) in [5, 5.41) is 11.3. The van der Waals surface area contributed by atoms with E-state index in [1.807, 2.05) is 49.3 Å². The molecule has 0 spiro atoms. The van der Waals surface area contributed by atoms with Gasteiger partial charge in [0.1, 0.15) is 0 Å². The van der Waals surface area contributed by atoms with Crippen molar-refractivity contribution in [2.45, 2.75) is 38.1 Å². The zero-order valence-corrected chi connectivity index (χ0v) is 15.2. The Kier molecular flexibility index (Phi) is 5.59. The van der Waals surface area contributed by atoms with Crippen molar-refractivity contribution in [3.63, 3.8) is 0 Å². The van der Waals surface area contributed by atoms with Crippen LogP contribution >= 0.6 is 0 Å². The average Bonchev–Trinajstić information content (AvgIpc) is 2.65. The van der Waals surface area contributed by atoms with Gasteiger partial charge in [-0.3, -0.25) is 4.79 Å². The SMILES string of the molecule is CN(C)c1ccc(C(=O)N2CCCC[C@@H]2CCCO)c2ccccc12. The number of amides is 1. The van der Waals surface area contributed by atoms with Crippen LogP contribution in [0.5, 0.6) is 0 Å².